The van der Waals surface area contributed by atoms with Crippen LogP contribution in [0.2, 0.25) is 0 Å². The van der Waals surface area contributed by atoms with Gasteiger partial charge in [-0.15, -0.1) is 24.8 Å². The van der Waals surface area contributed by atoms with Crippen LogP contribution in [0.15, 0.2) is 48.7 Å². The van der Waals surface area contributed by atoms with E-state index in [1.54, 1.807) is 12.3 Å². The molecule has 0 radical (unpaired) electrons. The molecule has 2 unspecified atom stereocenters. The van der Waals surface area contributed by atoms with Gasteiger partial charge in [-0.05, 0) is 31.4 Å². The SMILES string of the molecule is CC(CCc1ccccc1)NCC(O)c1ccc(N)nc1.Cl.Cl. The number of aryl methyl sites for hydroxylation is 1. The molecule has 1 aromatic carbocycles. The smallest absolute Gasteiger partial charge is 0.123 e. The molecule has 2 atom stereocenters. The van der Waals surface area contributed by atoms with E-state index in [2.05, 4.69) is 41.5 Å². The van der Waals surface area contributed by atoms with Crippen molar-refractivity contribution in [1.29, 1.82) is 0 Å². The Morgan fingerprint density at radius 1 is 1.13 bits per heavy atom. The topological polar surface area (TPSA) is 71.2 Å². The summed E-state index contributed by atoms with van der Waals surface area (Å²) in [6.45, 7) is 2.65. The predicted molar refractivity (Wildman–Crippen MR) is 100 cm³/mol. The van der Waals surface area contributed by atoms with Gasteiger partial charge < -0.3 is 16.2 Å². The van der Waals surface area contributed by atoms with Crippen LogP contribution < -0.4 is 11.1 Å². The molecule has 0 aliphatic heterocycles. The van der Waals surface area contributed by atoms with Gasteiger partial charge in [0.2, 0.25) is 0 Å². The number of aliphatic hydroxyl groups excluding tert-OH is 1. The van der Waals surface area contributed by atoms with Gasteiger partial charge in [0.15, 0.2) is 0 Å². The molecule has 1 aromatic heterocycles. The lowest BCUT2D eigenvalue weighted by Crippen LogP contribution is -2.30. The minimum Gasteiger partial charge on any atom is -0.387 e. The number of aromatic nitrogens is 1. The van der Waals surface area contributed by atoms with Gasteiger partial charge in [-0.3, -0.25) is 0 Å². The zero-order valence-corrected chi connectivity index (χ0v) is 14.8. The van der Waals surface area contributed by atoms with Crippen molar-refractivity contribution in [3.8, 4) is 0 Å². The summed E-state index contributed by atoms with van der Waals surface area (Å²) in [6, 6.07) is 14.3. The second-order valence-corrected chi connectivity index (χ2v) is 5.37. The molecule has 4 nitrogen and oxygen atoms in total. The number of pyridine rings is 1. The van der Waals surface area contributed by atoms with E-state index in [0.29, 0.717) is 18.4 Å². The number of nitrogens with zero attached hydrogens (tertiary/aromatic N) is 1. The molecular weight excluding hydrogens is 333 g/mol. The monoisotopic (exact) mass is 357 g/mol. The molecule has 0 amide bonds. The summed E-state index contributed by atoms with van der Waals surface area (Å²) in [5.74, 6) is 0.468. The lowest BCUT2D eigenvalue weighted by Gasteiger charge is -2.17. The summed E-state index contributed by atoms with van der Waals surface area (Å²) in [4.78, 5) is 3.99. The maximum absolute atomic E-state index is 10.1. The van der Waals surface area contributed by atoms with Crippen LogP contribution in [0.3, 0.4) is 0 Å². The van der Waals surface area contributed by atoms with E-state index in [9.17, 15) is 5.11 Å². The molecule has 0 aliphatic carbocycles. The number of anilines is 1. The lowest BCUT2D eigenvalue weighted by atomic mass is 10.1. The molecule has 4 N–H and O–H groups in total. The van der Waals surface area contributed by atoms with Crippen LogP contribution in [0.1, 0.15) is 30.6 Å². The Hall–Kier alpha value is -1.33. The normalized spacial score (nSPS) is 12.6. The van der Waals surface area contributed by atoms with E-state index in [1.165, 1.54) is 5.56 Å². The second-order valence-electron chi connectivity index (χ2n) is 5.37. The average Bonchev–Trinajstić information content (AvgIpc) is 2.52. The maximum Gasteiger partial charge on any atom is 0.123 e. The first-order valence-corrected chi connectivity index (χ1v) is 7.32. The van der Waals surface area contributed by atoms with Crippen LogP contribution >= 0.6 is 24.8 Å². The number of halogens is 2. The fourth-order valence-corrected chi connectivity index (χ4v) is 2.17. The summed E-state index contributed by atoms with van der Waals surface area (Å²) in [6.07, 6.45) is 3.14. The highest BCUT2D eigenvalue weighted by atomic mass is 35.5. The third kappa shape index (κ3) is 7.66. The van der Waals surface area contributed by atoms with Crippen LogP contribution in [0.5, 0.6) is 0 Å². The number of aliphatic hydroxyl groups is 1. The molecule has 0 bridgehead atoms. The minimum atomic E-state index is -0.558. The third-order valence-corrected chi connectivity index (χ3v) is 3.56. The van der Waals surface area contributed by atoms with Gasteiger partial charge in [-0.1, -0.05) is 36.4 Å². The highest BCUT2D eigenvalue weighted by Crippen LogP contribution is 2.12. The molecule has 0 spiro atoms. The predicted octanol–water partition coefficient (Wildman–Crippen LogP) is 3.15. The van der Waals surface area contributed by atoms with E-state index in [1.807, 2.05) is 12.1 Å². The van der Waals surface area contributed by atoms with Gasteiger partial charge in [0, 0.05) is 24.3 Å². The molecule has 0 aliphatic rings. The number of nitrogens with one attached hydrogen (secondary N) is 1. The molecule has 1 heterocycles. The Morgan fingerprint density at radius 2 is 1.83 bits per heavy atom. The number of rotatable bonds is 7. The van der Waals surface area contributed by atoms with Crippen molar-refractivity contribution in [3.05, 3.63) is 59.8 Å². The van der Waals surface area contributed by atoms with Gasteiger partial charge in [0.25, 0.3) is 0 Å². The third-order valence-electron chi connectivity index (χ3n) is 3.56. The fraction of sp³-hybridized carbons (Fsp3) is 0.353. The molecule has 0 fully saturated rings. The van der Waals surface area contributed by atoms with Gasteiger partial charge in [-0.25, -0.2) is 4.98 Å². The summed E-state index contributed by atoms with van der Waals surface area (Å²) < 4.78 is 0. The lowest BCUT2D eigenvalue weighted by molar-refractivity contribution is 0.169. The van der Waals surface area contributed by atoms with Gasteiger partial charge in [0.1, 0.15) is 5.82 Å². The maximum atomic E-state index is 10.1. The molecule has 0 saturated carbocycles. The van der Waals surface area contributed by atoms with E-state index < -0.39 is 6.10 Å². The first-order chi connectivity index (χ1) is 10.1. The Balaban J connectivity index is 0.00000242. The molecule has 0 saturated heterocycles. The largest absolute Gasteiger partial charge is 0.387 e. The van der Waals surface area contributed by atoms with Crippen molar-refractivity contribution < 1.29 is 5.11 Å². The van der Waals surface area contributed by atoms with Crippen LogP contribution in [0, 0.1) is 0 Å². The van der Waals surface area contributed by atoms with Crippen LogP contribution in [0.25, 0.3) is 0 Å². The first kappa shape index (κ1) is 21.7. The van der Waals surface area contributed by atoms with Crippen molar-refractivity contribution in [2.24, 2.45) is 0 Å². The molecular formula is C17H25Cl2N3O. The van der Waals surface area contributed by atoms with Crippen molar-refractivity contribution in [1.82, 2.24) is 10.3 Å². The quantitative estimate of drug-likeness (QED) is 0.711. The van der Waals surface area contributed by atoms with Gasteiger partial charge >= 0.3 is 0 Å². The number of benzene rings is 1. The van der Waals surface area contributed by atoms with E-state index in [-0.39, 0.29) is 24.8 Å². The Labute approximate surface area is 150 Å². The number of hydrogen-bond acceptors (Lipinski definition) is 4. The van der Waals surface area contributed by atoms with Crippen molar-refractivity contribution in [2.45, 2.75) is 31.9 Å². The first-order valence-electron chi connectivity index (χ1n) is 7.32. The van der Waals surface area contributed by atoms with E-state index >= 15 is 0 Å². The Bertz CT molecular complexity index is 537. The van der Waals surface area contributed by atoms with Crippen molar-refractivity contribution >= 4 is 30.6 Å². The Kier molecular flexibility index (Phi) is 10.6. The zero-order chi connectivity index (χ0) is 15.1. The van der Waals surface area contributed by atoms with E-state index in [4.69, 9.17) is 5.73 Å². The highest BCUT2D eigenvalue weighted by Gasteiger charge is 2.10. The summed E-state index contributed by atoms with van der Waals surface area (Å²) in [5, 5.41) is 13.5. The van der Waals surface area contributed by atoms with Crippen LogP contribution in [0.4, 0.5) is 5.82 Å². The Morgan fingerprint density at radius 3 is 2.43 bits per heavy atom. The summed E-state index contributed by atoms with van der Waals surface area (Å²) >= 11 is 0. The molecule has 6 heteroatoms. The average molecular weight is 358 g/mol. The molecule has 2 rings (SSSR count). The van der Waals surface area contributed by atoms with Gasteiger partial charge in [-0.2, -0.15) is 0 Å². The second kappa shape index (κ2) is 11.2. The molecule has 128 valence electrons. The fourth-order valence-electron chi connectivity index (χ4n) is 2.17. The standard InChI is InChI=1S/C17H23N3O.2ClH/c1-13(7-8-14-5-3-2-4-6-14)19-12-16(21)15-9-10-17(18)20-11-15;;/h2-6,9-11,13,16,19,21H,7-8,12H2,1H3,(H2,18,20);2*1H. The molecule has 23 heavy (non-hydrogen) atoms. The highest BCUT2D eigenvalue weighted by molar-refractivity contribution is 5.85. The minimum absolute atomic E-state index is 0. The number of nitrogen functional groups attached to an aromatic ring is 1. The number of nitrogens with two attached hydrogens (primary N) is 1. The number of hydrogen-bond donors (Lipinski definition) is 3. The van der Waals surface area contributed by atoms with Crippen LogP contribution in [-0.4, -0.2) is 22.7 Å². The van der Waals surface area contributed by atoms with Crippen molar-refractivity contribution in [3.63, 3.8) is 0 Å². The summed E-state index contributed by atoms with van der Waals surface area (Å²) in [5.41, 5.74) is 7.66. The van der Waals surface area contributed by atoms with Crippen LogP contribution in [-0.2, 0) is 6.42 Å². The zero-order valence-electron chi connectivity index (χ0n) is 13.2. The van der Waals surface area contributed by atoms with Gasteiger partial charge in [0.05, 0.1) is 6.10 Å². The molecule has 2 aromatic rings. The summed E-state index contributed by atoms with van der Waals surface area (Å²) in [7, 11) is 0. The van der Waals surface area contributed by atoms with Crippen molar-refractivity contribution in [2.75, 3.05) is 12.3 Å². The van der Waals surface area contributed by atoms with E-state index in [0.717, 1.165) is 18.4 Å².